The van der Waals surface area contributed by atoms with Gasteiger partial charge < -0.3 is 19.5 Å². The molecule has 1 atom stereocenters. The summed E-state index contributed by atoms with van der Waals surface area (Å²) in [4.78, 5) is 2.42. The molecule has 0 aromatic heterocycles. The van der Waals surface area contributed by atoms with Crippen LogP contribution in [0.2, 0.25) is 0 Å². The standard InChI is InChI=1S/C18H28N2O3/c1-21-18-5-4-15(12-19-13-17-3-2-8-23-17)11-16(18)14-20-6-9-22-10-7-20/h4-5,11,17,19H,2-3,6-10,12-14H2,1H3/t17-/m1/s1. The third kappa shape index (κ3) is 4.91. The van der Waals surface area contributed by atoms with E-state index in [2.05, 4.69) is 28.4 Å². The Kier molecular flexibility index (Phi) is 6.28. The van der Waals surface area contributed by atoms with Crippen molar-refractivity contribution in [3.8, 4) is 5.75 Å². The number of ether oxygens (including phenoxy) is 3. The molecule has 0 saturated carbocycles. The lowest BCUT2D eigenvalue weighted by Gasteiger charge is -2.27. The highest BCUT2D eigenvalue weighted by Crippen LogP contribution is 2.22. The molecule has 0 aliphatic carbocycles. The van der Waals surface area contributed by atoms with Gasteiger partial charge in [-0.1, -0.05) is 6.07 Å². The normalized spacial score (nSPS) is 22.4. The summed E-state index contributed by atoms with van der Waals surface area (Å²) >= 11 is 0. The Morgan fingerprint density at radius 2 is 2.13 bits per heavy atom. The van der Waals surface area contributed by atoms with E-state index >= 15 is 0 Å². The van der Waals surface area contributed by atoms with Crippen LogP contribution in [0.1, 0.15) is 24.0 Å². The predicted molar refractivity (Wildman–Crippen MR) is 89.8 cm³/mol. The Labute approximate surface area is 138 Å². The number of nitrogens with zero attached hydrogens (tertiary/aromatic N) is 1. The van der Waals surface area contributed by atoms with E-state index < -0.39 is 0 Å². The van der Waals surface area contributed by atoms with E-state index in [0.717, 1.165) is 58.3 Å². The van der Waals surface area contributed by atoms with Crippen molar-refractivity contribution in [1.29, 1.82) is 0 Å². The lowest BCUT2D eigenvalue weighted by atomic mass is 10.1. The zero-order chi connectivity index (χ0) is 15.9. The number of rotatable bonds is 7. The Morgan fingerprint density at radius 3 is 2.87 bits per heavy atom. The van der Waals surface area contributed by atoms with Crippen LogP contribution in [0.25, 0.3) is 0 Å². The van der Waals surface area contributed by atoms with Gasteiger partial charge in [-0.2, -0.15) is 0 Å². The van der Waals surface area contributed by atoms with Crippen molar-refractivity contribution < 1.29 is 14.2 Å². The number of nitrogens with one attached hydrogen (secondary N) is 1. The zero-order valence-electron chi connectivity index (χ0n) is 14.1. The minimum atomic E-state index is 0.390. The predicted octanol–water partition coefficient (Wildman–Crippen LogP) is 1.80. The molecule has 3 rings (SSSR count). The molecule has 2 aliphatic rings. The monoisotopic (exact) mass is 320 g/mol. The van der Waals surface area contributed by atoms with Gasteiger partial charge in [-0.3, -0.25) is 4.90 Å². The van der Waals surface area contributed by atoms with Gasteiger partial charge in [-0.05, 0) is 30.5 Å². The Morgan fingerprint density at radius 1 is 1.26 bits per heavy atom. The van der Waals surface area contributed by atoms with Crippen molar-refractivity contribution in [3.63, 3.8) is 0 Å². The first-order valence-electron chi connectivity index (χ1n) is 8.63. The first-order valence-corrected chi connectivity index (χ1v) is 8.63. The SMILES string of the molecule is COc1ccc(CNC[C@H]2CCCO2)cc1CN1CCOCC1. The van der Waals surface area contributed by atoms with Gasteiger partial charge in [0.15, 0.2) is 0 Å². The molecule has 2 heterocycles. The summed E-state index contributed by atoms with van der Waals surface area (Å²) in [6, 6.07) is 6.49. The second-order valence-electron chi connectivity index (χ2n) is 6.30. The summed E-state index contributed by atoms with van der Waals surface area (Å²) in [6.45, 7) is 7.28. The molecule has 5 nitrogen and oxygen atoms in total. The van der Waals surface area contributed by atoms with Crippen LogP contribution in [0.5, 0.6) is 5.75 Å². The summed E-state index contributed by atoms with van der Waals surface area (Å²) < 4.78 is 16.6. The van der Waals surface area contributed by atoms with Gasteiger partial charge in [-0.15, -0.1) is 0 Å². The van der Waals surface area contributed by atoms with Gasteiger partial charge in [0, 0.05) is 44.9 Å². The van der Waals surface area contributed by atoms with E-state index in [4.69, 9.17) is 14.2 Å². The molecular formula is C18H28N2O3. The van der Waals surface area contributed by atoms with Crippen molar-refractivity contribution in [3.05, 3.63) is 29.3 Å². The number of methoxy groups -OCH3 is 1. The molecule has 2 fully saturated rings. The third-order valence-electron chi connectivity index (χ3n) is 4.57. The van der Waals surface area contributed by atoms with Crippen LogP contribution in [-0.2, 0) is 22.6 Å². The third-order valence-corrected chi connectivity index (χ3v) is 4.57. The van der Waals surface area contributed by atoms with Crippen molar-refractivity contribution in [2.45, 2.75) is 32.0 Å². The summed E-state index contributed by atoms with van der Waals surface area (Å²) in [6.07, 6.45) is 2.76. The molecular weight excluding hydrogens is 292 g/mol. The van der Waals surface area contributed by atoms with E-state index in [-0.39, 0.29) is 0 Å². The highest BCUT2D eigenvalue weighted by atomic mass is 16.5. The van der Waals surface area contributed by atoms with E-state index in [1.165, 1.54) is 24.0 Å². The molecule has 23 heavy (non-hydrogen) atoms. The van der Waals surface area contributed by atoms with E-state index in [9.17, 15) is 0 Å². The second-order valence-corrected chi connectivity index (χ2v) is 6.30. The maximum atomic E-state index is 5.65. The van der Waals surface area contributed by atoms with Crippen molar-refractivity contribution in [2.75, 3.05) is 46.6 Å². The van der Waals surface area contributed by atoms with Gasteiger partial charge >= 0.3 is 0 Å². The van der Waals surface area contributed by atoms with Gasteiger partial charge in [0.25, 0.3) is 0 Å². The van der Waals surface area contributed by atoms with Crippen LogP contribution >= 0.6 is 0 Å². The number of benzene rings is 1. The molecule has 2 saturated heterocycles. The number of hydrogen-bond donors (Lipinski definition) is 1. The van der Waals surface area contributed by atoms with Gasteiger partial charge in [0.05, 0.1) is 26.4 Å². The average molecular weight is 320 g/mol. The largest absolute Gasteiger partial charge is 0.496 e. The summed E-state index contributed by atoms with van der Waals surface area (Å²) in [7, 11) is 1.74. The lowest BCUT2D eigenvalue weighted by molar-refractivity contribution is 0.0339. The molecule has 5 heteroatoms. The maximum Gasteiger partial charge on any atom is 0.123 e. The van der Waals surface area contributed by atoms with Crippen LogP contribution in [-0.4, -0.2) is 57.6 Å². The van der Waals surface area contributed by atoms with Crippen LogP contribution in [0.15, 0.2) is 18.2 Å². The maximum absolute atomic E-state index is 5.65. The molecule has 0 bridgehead atoms. The van der Waals surface area contributed by atoms with Crippen LogP contribution in [0.3, 0.4) is 0 Å². The molecule has 1 aromatic rings. The van der Waals surface area contributed by atoms with E-state index in [1.54, 1.807) is 7.11 Å². The van der Waals surface area contributed by atoms with Crippen LogP contribution in [0.4, 0.5) is 0 Å². The van der Waals surface area contributed by atoms with E-state index in [0.29, 0.717) is 6.10 Å². The Hall–Kier alpha value is -1.14. The summed E-state index contributed by atoms with van der Waals surface area (Å²) in [5.41, 5.74) is 2.55. The fourth-order valence-electron chi connectivity index (χ4n) is 3.25. The first-order chi connectivity index (χ1) is 11.3. The molecule has 0 unspecified atom stereocenters. The van der Waals surface area contributed by atoms with Gasteiger partial charge in [-0.25, -0.2) is 0 Å². The molecule has 128 valence electrons. The molecule has 0 spiro atoms. The van der Waals surface area contributed by atoms with Gasteiger partial charge in [0.1, 0.15) is 5.75 Å². The highest BCUT2D eigenvalue weighted by molar-refractivity contribution is 5.37. The number of hydrogen-bond acceptors (Lipinski definition) is 5. The smallest absolute Gasteiger partial charge is 0.123 e. The number of morpholine rings is 1. The minimum absolute atomic E-state index is 0.390. The molecule has 1 aromatic carbocycles. The first kappa shape index (κ1) is 16.7. The second kappa shape index (κ2) is 8.64. The zero-order valence-corrected chi connectivity index (χ0v) is 14.1. The van der Waals surface area contributed by atoms with Crippen molar-refractivity contribution in [2.24, 2.45) is 0 Å². The van der Waals surface area contributed by atoms with Gasteiger partial charge in [0.2, 0.25) is 0 Å². The van der Waals surface area contributed by atoms with E-state index in [1.807, 2.05) is 0 Å². The lowest BCUT2D eigenvalue weighted by Crippen LogP contribution is -2.35. The average Bonchev–Trinajstić information content (AvgIpc) is 3.09. The molecule has 2 aliphatic heterocycles. The minimum Gasteiger partial charge on any atom is -0.496 e. The summed E-state index contributed by atoms with van der Waals surface area (Å²) in [5, 5.41) is 3.51. The van der Waals surface area contributed by atoms with Crippen molar-refractivity contribution >= 4 is 0 Å². The van der Waals surface area contributed by atoms with Crippen LogP contribution in [0, 0.1) is 0 Å². The van der Waals surface area contributed by atoms with Crippen molar-refractivity contribution in [1.82, 2.24) is 10.2 Å². The molecule has 1 N–H and O–H groups in total. The fraction of sp³-hybridized carbons (Fsp3) is 0.667. The quantitative estimate of drug-likeness (QED) is 0.830. The molecule has 0 amide bonds. The molecule has 0 radical (unpaired) electrons. The Balaban J connectivity index is 1.56. The fourth-order valence-corrected chi connectivity index (χ4v) is 3.25. The van der Waals surface area contributed by atoms with Crippen LogP contribution < -0.4 is 10.1 Å². The summed E-state index contributed by atoms with van der Waals surface area (Å²) in [5.74, 6) is 0.972. The Bertz CT molecular complexity index is 483. The highest BCUT2D eigenvalue weighted by Gasteiger charge is 2.16. The topological polar surface area (TPSA) is 43.0 Å².